The molecule has 0 amide bonds. The van der Waals surface area contributed by atoms with Gasteiger partial charge in [-0.1, -0.05) is 95.4 Å². The molecule has 1 atom stereocenters. The normalized spacial score (nSPS) is 11.6. The minimum Gasteiger partial charge on any atom is -0.147 e. The lowest BCUT2D eigenvalue weighted by Crippen LogP contribution is -1.83. The molecular formula is C20H26ClP. The van der Waals surface area contributed by atoms with Crippen LogP contribution in [-0.4, -0.2) is 6.16 Å². The van der Waals surface area contributed by atoms with Gasteiger partial charge in [-0.3, -0.25) is 0 Å². The van der Waals surface area contributed by atoms with Crippen molar-refractivity contribution in [1.82, 2.24) is 0 Å². The van der Waals surface area contributed by atoms with Crippen molar-refractivity contribution in [3.8, 4) is 0 Å². The molecule has 22 heavy (non-hydrogen) atoms. The van der Waals surface area contributed by atoms with Gasteiger partial charge in [0.2, 0.25) is 0 Å². The molecule has 0 aromatic heterocycles. The maximum Gasteiger partial charge on any atom is -0.0182 e. The lowest BCUT2D eigenvalue weighted by atomic mass is 10.1. The Morgan fingerprint density at radius 1 is 0.864 bits per heavy atom. The van der Waals surface area contributed by atoms with E-state index in [2.05, 4.69) is 73.7 Å². The summed E-state index contributed by atoms with van der Waals surface area (Å²) in [4.78, 5) is 0. The summed E-state index contributed by atoms with van der Waals surface area (Å²) in [5.74, 6) is 0. The van der Waals surface area contributed by atoms with E-state index in [4.69, 9.17) is 0 Å². The van der Waals surface area contributed by atoms with Gasteiger partial charge in [-0.25, -0.2) is 0 Å². The first kappa shape index (κ1) is 18.9. The highest BCUT2D eigenvalue weighted by Gasteiger charge is 2.02. The maximum absolute atomic E-state index is 2.35. The van der Waals surface area contributed by atoms with Crippen LogP contribution in [0.3, 0.4) is 0 Å². The lowest BCUT2D eigenvalue weighted by Gasteiger charge is -2.09. The Bertz CT molecular complexity index is 534. The second kappa shape index (κ2) is 11.5. The number of hydrogen-bond acceptors (Lipinski definition) is 0. The van der Waals surface area contributed by atoms with Crippen molar-refractivity contribution in [3.05, 3.63) is 71.8 Å². The van der Waals surface area contributed by atoms with Crippen LogP contribution in [0.1, 0.15) is 43.7 Å². The van der Waals surface area contributed by atoms with Crippen molar-refractivity contribution in [1.29, 1.82) is 0 Å². The second-order valence-electron chi connectivity index (χ2n) is 5.32. The summed E-state index contributed by atoms with van der Waals surface area (Å²) in [6.07, 6.45) is 9.07. The summed E-state index contributed by atoms with van der Waals surface area (Å²) in [5, 5.41) is 1.48. The van der Waals surface area contributed by atoms with Crippen molar-refractivity contribution in [2.75, 3.05) is 6.16 Å². The molecule has 0 nitrogen and oxygen atoms in total. The van der Waals surface area contributed by atoms with Crippen molar-refractivity contribution in [2.24, 2.45) is 0 Å². The van der Waals surface area contributed by atoms with E-state index in [-0.39, 0.29) is 12.4 Å². The average Bonchev–Trinajstić information content (AvgIpc) is 2.55. The summed E-state index contributed by atoms with van der Waals surface area (Å²) >= 11 is 0. The number of hydrogen-bond donors (Lipinski definition) is 0. The van der Waals surface area contributed by atoms with E-state index in [0.29, 0.717) is 0 Å². The first-order valence-corrected chi connectivity index (χ1v) is 9.17. The van der Waals surface area contributed by atoms with E-state index in [1.807, 2.05) is 0 Å². The van der Waals surface area contributed by atoms with Crippen molar-refractivity contribution in [2.45, 2.75) is 32.6 Å². The monoisotopic (exact) mass is 332 g/mol. The Morgan fingerprint density at radius 3 is 2.14 bits per heavy atom. The lowest BCUT2D eigenvalue weighted by molar-refractivity contribution is 0.706. The van der Waals surface area contributed by atoms with Gasteiger partial charge < -0.3 is 0 Å². The third-order valence-electron chi connectivity index (χ3n) is 3.54. The highest BCUT2D eigenvalue weighted by Crippen LogP contribution is 2.36. The second-order valence-corrected chi connectivity index (χ2v) is 6.71. The van der Waals surface area contributed by atoms with Gasteiger partial charge in [0.15, 0.2) is 0 Å². The van der Waals surface area contributed by atoms with Gasteiger partial charge in [0.1, 0.15) is 0 Å². The molecule has 2 aromatic rings. The minimum absolute atomic E-state index is 0. The van der Waals surface area contributed by atoms with Gasteiger partial charge in [0, 0.05) is 0 Å². The molecule has 0 bridgehead atoms. The van der Waals surface area contributed by atoms with E-state index in [1.165, 1.54) is 48.3 Å². The molecule has 2 aromatic carbocycles. The summed E-state index contributed by atoms with van der Waals surface area (Å²) in [6.45, 7) is 2.27. The molecule has 0 N–H and O–H groups in total. The molecule has 0 spiro atoms. The first-order valence-electron chi connectivity index (χ1n) is 7.96. The molecule has 1 unspecified atom stereocenters. The summed E-state index contributed by atoms with van der Waals surface area (Å²) in [7, 11) is 0.899. The third kappa shape index (κ3) is 6.77. The molecular weight excluding hydrogens is 307 g/mol. The fourth-order valence-corrected chi connectivity index (χ4v) is 3.68. The number of rotatable bonds is 8. The molecule has 0 aliphatic heterocycles. The van der Waals surface area contributed by atoms with Crippen molar-refractivity contribution in [3.63, 3.8) is 0 Å². The van der Waals surface area contributed by atoms with Crippen LogP contribution in [0.15, 0.2) is 60.7 Å². The van der Waals surface area contributed by atoms with Crippen LogP contribution < -0.4 is 0 Å². The third-order valence-corrected chi connectivity index (χ3v) is 4.96. The molecule has 2 heteroatoms. The highest BCUT2D eigenvalue weighted by atomic mass is 35.5. The molecule has 118 valence electrons. The number of unbranched alkanes of at least 4 members (excludes halogenated alkanes) is 3. The number of benzene rings is 2. The SMILES string of the molecule is CCCCCCPC(=Cc1ccccc1)c1ccccc1.Cl. The van der Waals surface area contributed by atoms with Crippen LogP contribution >= 0.6 is 21.0 Å². The average molecular weight is 333 g/mol. The van der Waals surface area contributed by atoms with Crippen LogP contribution in [0.5, 0.6) is 0 Å². The van der Waals surface area contributed by atoms with Gasteiger partial charge in [-0.15, -0.1) is 12.4 Å². The Labute approximate surface area is 143 Å². The van der Waals surface area contributed by atoms with Crippen LogP contribution in [0.25, 0.3) is 11.4 Å². The van der Waals surface area contributed by atoms with E-state index < -0.39 is 0 Å². The predicted molar refractivity (Wildman–Crippen MR) is 105 cm³/mol. The molecule has 0 aliphatic rings. The zero-order valence-electron chi connectivity index (χ0n) is 13.3. The summed E-state index contributed by atoms with van der Waals surface area (Å²) in [5.41, 5.74) is 2.67. The summed E-state index contributed by atoms with van der Waals surface area (Å²) < 4.78 is 0. The zero-order chi connectivity index (χ0) is 14.8. The Balaban J connectivity index is 0.00000242. The van der Waals surface area contributed by atoms with Crippen LogP contribution in [0.4, 0.5) is 0 Å². The standard InChI is InChI=1S/C20H25P.ClH/c1-2-3-4-11-16-21-20(19-14-9-6-10-15-19)17-18-12-7-5-8-13-18;/h5-10,12-15,17,21H,2-4,11,16H2,1H3;1H. The van der Waals surface area contributed by atoms with Crippen LogP contribution in [0, 0.1) is 0 Å². The van der Waals surface area contributed by atoms with Crippen LogP contribution in [-0.2, 0) is 0 Å². The van der Waals surface area contributed by atoms with Gasteiger partial charge >= 0.3 is 0 Å². The van der Waals surface area contributed by atoms with E-state index in [9.17, 15) is 0 Å². The quantitative estimate of drug-likeness (QED) is 0.281. The Morgan fingerprint density at radius 2 is 1.50 bits per heavy atom. The number of halogens is 1. The molecule has 0 heterocycles. The Hall–Kier alpha value is -1.10. The van der Waals surface area contributed by atoms with E-state index in [1.54, 1.807) is 0 Å². The van der Waals surface area contributed by atoms with E-state index in [0.717, 1.165) is 8.58 Å². The highest BCUT2D eigenvalue weighted by molar-refractivity contribution is 7.50. The fraction of sp³-hybridized carbons (Fsp3) is 0.300. The fourth-order valence-electron chi connectivity index (χ4n) is 2.34. The zero-order valence-corrected chi connectivity index (χ0v) is 15.1. The van der Waals surface area contributed by atoms with Gasteiger partial charge in [-0.2, -0.15) is 0 Å². The minimum atomic E-state index is 0. The first-order chi connectivity index (χ1) is 10.4. The molecule has 0 fully saturated rings. The van der Waals surface area contributed by atoms with Gasteiger partial charge in [-0.05, 0) is 35.1 Å². The van der Waals surface area contributed by atoms with E-state index >= 15 is 0 Å². The smallest absolute Gasteiger partial charge is 0.0182 e. The van der Waals surface area contributed by atoms with Crippen molar-refractivity contribution >= 4 is 32.4 Å². The molecule has 0 radical (unpaired) electrons. The maximum atomic E-state index is 2.35. The van der Waals surface area contributed by atoms with Gasteiger partial charge in [0.05, 0.1) is 0 Å². The predicted octanol–water partition coefficient (Wildman–Crippen LogP) is 6.87. The molecule has 0 saturated carbocycles. The summed E-state index contributed by atoms with van der Waals surface area (Å²) in [6, 6.07) is 21.5. The molecule has 2 rings (SSSR count). The molecule has 0 saturated heterocycles. The van der Waals surface area contributed by atoms with Crippen LogP contribution in [0.2, 0.25) is 0 Å². The van der Waals surface area contributed by atoms with Crippen molar-refractivity contribution < 1.29 is 0 Å². The molecule has 0 aliphatic carbocycles. The largest absolute Gasteiger partial charge is 0.147 e. The Kier molecular flexibility index (Phi) is 9.87. The van der Waals surface area contributed by atoms with Gasteiger partial charge in [0.25, 0.3) is 0 Å². The topological polar surface area (TPSA) is 0 Å².